The van der Waals surface area contributed by atoms with Gasteiger partial charge < -0.3 is 10.1 Å². The van der Waals surface area contributed by atoms with Crippen LogP contribution in [0.15, 0.2) is 42.5 Å². The minimum atomic E-state index is -0.106. The molecule has 0 spiro atoms. The Kier molecular flexibility index (Phi) is 5.49. The average Bonchev–Trinajstić information content (AvgIpc) is 3.12. The van der Waals surface area contributed by atoms with Crippen molar-refractivity contribution in [2.45, 2.75) is 38.6 Å². The molecule has 1 aliphatic rings. The molecule has 0 radical (unpaired) electrons. The van der Waals surface area contributed by atoms with Gasteiger partial charge in [0.1, 0.15) is 5.75 Å². The van der Waals surface area contributed by atoms with Gasteiger partial charge in [0.15, 0.2) is 5.78 Å². The highest BCUT2D eigenvalue weighted by Crippen LogP contribution is 2.23. The third kappa shape index (κ3) is 4.47. The Labute approximate surface area is 148 Å². The second-order valence-electron chi connectivity index (χ2n) is 6.39. The van der Waals surface area contributed by atoms with Crippen molar-refractivity contribution >= 4 is 11.7 Å². The summed E-state index contributed by atoms with van der Waals surface area (Å²) in [6.07, 6.45) is 3.79. The van der Waals surface area contributed by atoms with Crippen molar-refractivity contribution in [2.24, 2.45) is 0 Å². The first-order valence-corrected chi connectivity index (χ1v) is 8.70. The van der Waals surface area contributed by atoms with Crippen LogP contribution < -0.4 is 10.1 Å². The number of benzene rings is 2. The van der Waals surface area contributed by atoms with Crippen LogP contribution in [0.5, 0.6) is 5.75 Å². The highest BCUT2D eigenvalue weighted by Gasteiger charge is 2.14. The van der Waals surface area contributed by atoms with E-state index in [1.807, 2.05) is 36.4 Å². The van der Waals surface area contributed by atoms with Gasteiger partial charge >= 0.3 is 0 Å². The molecular weight excluding hydrogens is 314 g/mol. The predicted octanol–water partition coefficient (Wildman–Crippen LogP) is 3.46. The van der Waals surface area contributed by atoms with Crippen LogP contribution in [0.3, 0.4) is 0 Å². The van der Waals surface area contributed by atoms with Gasteiger partial charge in [-0.3, -0.25) is 9.59 Å². The molecular formula is C21H23NO3. The number of amides is 1. The fraction of sp³-hybridized carbons (Fsp3) is 0.333. The summed E-state index contributed by atoms with van der Waals surface area (Å²) in [5.41, 5.74) is 4.37. The quantitative estimate of drug-likeness (QED) is 0.787. The summed E-state index contributed by atoms with van der Waals surface area (Å²) < 4.78 is 5.10. The number of aryl methyl sites for hydroxylation is 2. The average molecular weight is 337 g/mol. The van der Waals surface area contributed by atoms with Crippen LogP contribution in [0, 0.1) is 0 Å². The van der Waals surface area contributed by atoms with Crippen LogP contribution in [0.2, 0.25) is 0 Å². The Morgan fingerprint density at radius 3 is 2.52 bits per heavy atom. The molecule has 0 heterocycles. The number of Topliss-reactive ketones (excluding diaryl/α,β-unsaturated/α-hetero) is 1. The van der Waals surface area contributed by atoms with Crippen LogP contribution in [-0.2, 0) is 24.2 Å². The van der Waals surface area contributed by atoms with Gasteiger partial charge in [-0.1, -0.05) is 24.3 Å². The van der Waals surface area contributed by atoms with Gasteiger partial charge in [0.05, 0.1) is 7.11 Å². The number of methoxy groups -OCH3 is 1. The van der Waals surface area contributed by atoms with Crippen LogP contribution in [0.1, 0.15) is 46.3 Å². The van der Waals surface area contributed by atoms with Gasteiger partial charge in [0.25, 0.3) is 0 Å². The number of hydrogen-bond acceptors (Lipinski definition) is 3. The minimum absolute atomic E-state index is 0.0364. The van der Waals surface area contributed by atoms with E-state index in [-0.39, 0.29) is 24.5 Å². The van der Waals surface area contributed by atoms with Crippen LogP contribution in [0.25, 0.3) is 0 Å². The molecule has 0 atom stereocenters. The van der Waals surface area contributed by atoms with Crippen molar-refractivity contribution < 1.29 is 14.3 Å². The van der Waals surface area contributed by atoms with E-state index in [4.69, 9.17) is 4.74 Å². The minimum Gasteiger partial charge on any atom is -0.497 e. The largest absolute Gasteiger partial charge is 0.497 e. The van der Waals surface area contributed by atoms with Crippen molar-refractivity contribution in [3.8, 4) is 5.75 Å². The summed E-state index contributed by atoms with van der Waals surface area (Å²) in [6, 6.07) is 13.5. The molecule has 2 aromatic carbocycles. The first-order chi connectivity index (χ1) is 12.2. The first kappa shape index (κ1) is 17.2. The van der Waals surface area contributed by atoms with Crippen molar-refractivity contribution in [2.75, 3.05) is 7.11 Å². The van der Waals surface area contributed by atoms with E-state index in [1.54, 1.807) is 7.11 Å². The molecule has 0 unspecified atom stereocenters. The summed E-state index contributed by atoms with van der Waals surface area (Å²) in [5, 5.41) is 2.85. The number of carbonyl (C=O) groups excluding carboxylic acids is 2. The van der Waals surface area contributed by atoms with Crippen LogP contribution in [0.4, 0.5) is 0 Å². The van der Waals surface area contributed by atoms with Gasteiger partial charge in [0.2, 0.25) is 5.91 Å². The van der Waals surface area contributed by atoms with E-state index < -0.39 is 0 Å². The molecule has 1 N–H and O–H groups in total. The fourth-order valence-corrected chi connectivity index (χ4v) is 3.15. The van der Waals surface area contributed by atoms with Gasteiger partial charge in [-0.2, -0.15) is 0 Å². The Balaban J connectivity index is 1.46. The second kappa shape index (κ2) is 7.97. The van der Waals surface area contributed by atoms with Gasteiger partial charge in [0, 0.05) is 24.9 Å². The summed E-state index contributed by atoms with van der Waals surface area (Å²) in [7, 11) is 1.62. The van der Waals surface area contributed by atoms with Gasteiger partial charge in [-0.25, -0.2) is 0 Å². The van der Waals surface area contributed by atoms with E-state index in [9.17, 15) is 9.59 Å². The lowest BCUT2D eigenvalue weighted by atomic mass is 10.0. The molecule has 0 bridgehead atoms. The molecule has 0 aliphatic heterocycles. The molecule has 0 saturated heterocycles. The zero-order valence-electron chi connectivity index (χ0n) is 14.5. The van der Waals surface area contributed by atoms with Crippen molar-refractivity contribution in [3.63, 3.8) is 0 Å². The van der Waals surface area contributed by atoms with Gasteiger partial charge in [-0.15, -0.1) is 0 Å². The SMILES string of the molecule is COc1ccc(CNC(=O)CCC(=O)c2ccc3c(c2)CCC3)cc1. The molecule has 2 aromatic rings. The topological polar surface area (TPSA) is 55.4 Å². The monoisotopic (exact) mass is 337 g/mol. The molecule has 25 heavy (non-hydrogen) atoms. The number of nitrogens with one attached hydrogen (secondary N) is 1. The van der Waals surface area contributed by atoms with E-state index in [0.717, 1.165) is 29.7 Å². The Morgan fingerprint density at radius 1 is 1.00 bits per heavy atom. The normalized spacial score (nSPS) is 12.5. The zero-order chi connectivity index (χ0) is 17.6. The lowest BCUT2D eigenvalue weighted by Crippen LogP contribution is -2.23. The predicted molar refractivity (Wildman–Crippen MR) is 96.9 cm³/mol. The molecule has 130 valence electrons. The van der Waals surface area contributed by atoms with Crippen molar-refractivity contribution in [1.29, 1.82) is 0 Å². The van der Waals surface area contributed by atoms with E-state index in [2.05, 4.69) is 11.4 Å². The lowest BCUT2D eigenvalue weighted by molar-refractivity contribution is -0.121. The third-order valence-electron chi connectivity index (χ3n) is 4.65. The van der Waals surface area contributed by atoms with Crippen molar-refractivity contribution in [1.82, 2.24) is 5.32 Å². The molecule has 0 saturated carbocycles. The number of fused-ring (bicyclic) bond motifs is 1. The number of ketones is 1. The maximum Gasteiger partial charge on any atom is 0.220 e. The number of hydrogen-bond donors (Lipinski definition) is 1. The Hall–Kier alpha value is -2.62. The van der Waals surface area contributed by atoms with Crippen molar-refractivity contribution in [3.05, 3.63) is 64.7 Å². The maximum atomic E-state index is 12.3. The lowest BCUT2D eigenvalue weighted by Gasteiger charge is -2.07. The highest BCUT2D eigenvalue weighted by atomic mass is 16.5. The van der Waals surface area contributed by atoms with E-state index in [1.165, 1.54) is 17.5 Å². The van der Waals surface area contributed by atoms with E-state index >= 15 is 0 Å². The molecule has 4 nitrogen and oxygen atoms in total. The number of ether oxygens (including phenoxy) is 1. The molecule has 3 rings (SSSR count). The van der Waals surface area contributed by atoms with Gasteiger partial charge in [-0.05, 0) is 54.2 Å². The summed E-state index contributed by atoms with van der Waals surface area (Å²) in [6.45, 7) is 0.454. The highest BCUT2D eigenvalue weighted by molar-refractivity contribution is 5.98. The number of carbonyl (C=O) groups is 2. The maximum absolute atomic E-state index is 12.3. The van der Waals surface area contributed by atoms with E-state index in [0.29, 0.717) is 6.54 Å². The third-order valence-corrected chi connectivity index (χ3v) is 4.65. The molecule has 0 aromatic heterocycles. The summed E-state index contributed by atoms with van der Waals surface area (Å²) >= 11 is 0. The Morgan fingerprint density at radius 2 is 1.76 bits per heavy atom. The molecule has 0 fully saturated rings. The molecule has 1 aliphatic carbocycles. The number of rotatable bonds is 7. The van der Waals surface area contributed by atoms with Crippen LogP contribution >= 0.6 is 0 Å². The molecule has 1 amide bonds. The Bertz CT molecular complexity index is 765. The summed E-state index contributed by atoms with van der Waals surface area (Å²) in [4.78, 5) is 24.3. The van der Waals surface area contributed by atoms with Crippen LogP contribution in [-0.4, -0.2) is 18.8 Å². The first-order valence-electron chi connectivity index (χ1n) is 8.70. The summed E-state index contributed by atoms with van der Waals surface area (Å²) in [5.74, 6) is 0.717. The zero-order valence-corrected chi connectivity index (χ0v) is 14.5. The fourth-order valence-electron chi connectivity index (χ4n) is 3.15. The second-order valence-corrected chi connectivity index (χ2v) is 6.39. The smallest absolute Gasteiger partial charge is 0.220 e. The molecule has 4 heteroatoms. The standard InChI is InChI=1S/C21H23NO3/c1-25-19-9-5-15(6-10-19)14-22-21(24)12-11-20(23)18-8-7-16-3-2-4-17(16)13-18/h5-10,13H,2-4,11-12,14H2,1H3,(H,22,24).